The molecule has 1 saturated heterocycles. The van der Waals surface area contributed by atoms with Gasteiger partial charge in [0.05, 0.1) is 12.5 Å². The van der Waals surface area contributed by atoms with Gasteiger partial charge in [0, 0.05) is 39.3 Å². The number of nitrogens with one attached hydrogen (secondary N) is 1. The van der Waals surface area contributed by atoms with Gasteiger partial charge in [0.1, 0.15) is 0 Å². The number of nitrogens with zero attached hydrogens (tertiary/aromatic N) is 3. The Labute approximate surface area is 169 Å². The summed E-state index contributed by atoms with van der Waals surface area (Å²) in [6.45, 7) is 5.89. The first kappa shape index (κ1) is 22.5. The zero-order valence-electron chi connectivity index (χ0n) is 16.0. The summed E-state index contributed by atoms with van der Waals surface area (Å²) >= 11 is 0. The Balaban J connectivity index is 0.00000312. The molecule has 0 aromatic heterocycles. The Hall–Kier alpha value is -0.570. The van der Waals surface area contributed by atoms with Crippen molar-refractivity contribution in [3.05, 3.63) is 0 Å². The van der Waals surface area contributed by atoms with Crippen LogP contribution in [0.4, 0.5) is 0 Å². The summed E-state index contributed by atoms with van der Waals surface area (Å²) in [5, 5.41) is 3.47. The van der Waals surface area contributed by atoms with Crippen LogP contribution in [0.15, 0.2) is 4.99 Å². The minimum atomic E-state index is -0.0707. The van der Waals surface area contributed by atoms with E-state index in [0.717, 1.165) is 44.5 Å². The fraction of sp³-hybridized carbons (Fsp3) is 0.889. The molecule has 6 nitrogen and oxygen atoms in total. The van der Waals surface area contributed by atoms with Gasteiger partial charge in [-0.1, -0.05) is 12.8 Å². The molecular formula is C18H35IN4O2. The molecule has 0 aromatic carbocycles. The first-order valence-corrected chi connectivity index (χ1v) is 9.48. The molecule has 1 aliphatic carbocycles. The second-order valence-electron chi connectivity index (χ2n) is 6.93. The maximum atomic E-state index is 12.0. The number of hydrogen-bond acceptors (Lipinski definition) is 4. The highest BCUT2D eigenvalue weighted by molar-refractivity contribution is 14.0. The van der Waals surface area contributed by atoms with E-state index >= 15 is 0 Å². The van der Waals surface area contributed by atoms with Crippen LogP contribution in [-0.2, 0) is 9.53 Å². The number of esters is 1. The zero-order chi connectivity index (χ0) is 17.4. The predicted molar refractivity (Wildman–Crippen MR) is 113 cm³/mol. The largest absolute Gasteiger partial charge is 0.466 e. The SMILES string of the molecule is CCOC(=O)C1CCCN(C(=NC)NCCN(C)C2CCCC2)C1.I. The van der Waals surface area contributed by atoms with Crippen LogP contribution in [0.1, 0.15) is 45.4 Å². The van der Waals surface area contributed by atoms with Gasteiger partial charge in [0.2, 0.25) is 0 Å². The minimum absolute atomic E-state index is 0. The lowest BCUT2D eigenvalue weighted by molar-refractivity contribution is -0.149. The number of likely N-dealkylation sites (N-methyl/N-ethyl adjacent to an activating group) is 1. The van der Waals surface area contributed by atoms with E-state index in [4.69, 9.17) is 4.74 Å². The number of guanidine groups is 1. The normalized spacial score (nSPS) is 22.0. The number of hydrogen-bond donors (Lipinski definition) is 1. The average Bonchev–Trinajstić information content (AvgIpc) is 3.13. The van der Waals surface area contributed by atoms with Crippen molar-refractivity contribution in [1.29, 1.82) is 0 Å². The van der Waals surface area contributed by atoms with Gasteiger partial charge in [0.15, 0.2) is 5.96 Å². The Morgan fingerprint density at radius 1 is 1.28 bits per heavy atom. The Morgan fingerprint density at radius 3 is 2.64 bits per heavy atom. The number of carbonyl (C=O) groups excluding carboxylic acids is 1. The van der Waals surface area contributed by atoms with Crippen LogP contribution < -0.4 is 5.32 Å². The molecule has 2 rings (SSSR count). The number of likely N-dealkylation sites (tertiary alicyclic amines) is 1. The molecule has 1 heterocycles. The van der Waals surface area contributed by atoms with Crippen LogP contribution in [0.25, 0.3) is 0 Å². The molecule has 0 aromatic rings. The van der Waals surface area contributed by atoms with Crippen molar-refractivity contribution in [1.82, 2.24) is 15.1 Å². The first-order valence-electron chi connectivity index (χ1n) is 9.48. The number of halogens is 1. The second-order valence-corrected chi connectivity index (χ2v) is 6.93. The molecular weight excluding hydrogens is 431 g/mol. The molecule has 1 saturated carbocycles. The lowest BCUT2D eigenvalue weighted by atomic mass is 9.98. The summed E-state index contributed by atoms with van der Waals surface area (Å²) in [7, 11) is 4.04. The van der Waals surface area contributed by atoms with Crippen LogP contribution in [-0.4, -0.2) is 74.7 Å². The molecule has 2 aliphatic rings. The van der Waals surface area contributed by atoms with Gasteiger partial charge in [-0.25, -0.2) is 0 Å². The van der Waals surface area contributed by atoms with Gasteiger partial charge >= 0.3 is 5.97 Å². The fourth-order valence-electron chi connectivity index (χ4n) is 3.83. The van der Waals surface area contributed by atoms with Gasteiger partial charge in [-0.15, -0.1) is 24.0 Å². The predicted octanol–water partition coefficient (Wildman–Crippen LogP) is 2.33. The topological polar surface area (TPSA) is 57.2 Å². The van der Waals surface area contributed by atoms with Gasteiger partial charge in [0.25, 0.3) is 0 Å². The van der Waals surface area contributed by atoms with Crippen LogP contribution >= 0.6 is 24.0 Å². The Bertz CT molecular complexity index is 427. The number of ether oxygens (including phenoxy) is 1. The van der Waals surface area contributed by atoms with E-state index in [0.29, 0.717) is 13.2 Å². The zero-order valence-corrected chi connectivity index (χ0v) is 18.3. The highest BCUT2D eigenvalue weighted by atomic mass is 127. The quantitative estimate of drug-likeness (QED) is 0.282. The van der Waals surface area contributed by atoms with E-state index in [2.05, 4.69) is 27.2 Å². The van der Waals surface area contributed by atoms with Crippen LogP contribution in [0.3, 0.4) is 0 Å². The van der Waals surface area contributed by atoms with E-state index in [1.807, 2.05) is 14.0 Å². The summed E-state index contributed by atoms with van der Waals surface area (Å²) in [5.41, 5.74) is 0. The summed E-state index contributed by atoms with van der Waals surface area (Å²) in [6.07, 6.45) is 7.32. The van der Waals surface area contributed by atoms with E-state index in [1.54, 1.807) is 0 Å². The lowest BCUT2D eigenvalue weighted by Crippen LogP contribution is -2.49. The lowest BCUT2D eigenvalue weighted by Gasteiger charge is -2.34. The van der Waals surface area contributed by atoms with Gasteiger partial charge < -0.3 is 19.9 Å². The van der Waals surface area contributed by atoms with Crippen LogP contribution in [0.2, 0.25) is 0 Å². The van der Waals surface area contributed by atoms with Crippen molar-refractivity contribution in [2.24, 2.45) is 10.9 Å². The number of rotatable bonds is 6. The molecule has 0 spiro atoms. The van der Waals surface area contributed by atoms with Crippen LogP contribution in [0.5, 0.6) is 0 Å². The third-order valence-electron chi connectivity index (χ3n) is 5.25. The Kier molecular flexibility index (Phi) is 10.7. The third-order valence-corrected chi connectivity index (χ3v) is 5.25. The fourth-order valence-corrected chi connectivity index (χ4v) is 3.83. The maximum absolute atomic E-state index is 12.0. The summed E-state index contributed by atoms with van der Waals surface area (Å²) in [5.74, 6) is 0.806. The summed E-state index contributed by atoms with van der Waals surface area (Å²) in [6, 6.07) is 0.747. The Morgan fingerprint density at radius 2 is 2.00 bits per heavy atom. The molecule has 0 bridgehead atoms. The van der Waals surface area contributed by atoms with Crippen molar-refractivity contribution in [2.45, 2.75) is 51.5 Å². The molecule has 0 amide bonds. The molecule has 1 atom stereocenters. The maximum Gasteiger partial charge on any atom is 0.310 e. The van der Waals surface area contributed by atoms with Gasteiger partial charge in [-0.05, 0) is 39.7 Å². The van der Waals surface area contributed by atoms with Crippen molar-refractivity contribution in [3.63, 3.8) is 0 Å². The van der Waals surface area contributed by atoms with Crippen molar-refractivity contribution >= 4 is 35.9 Å². The average molecular weight is 466 g/mol. The van der Waals surface area contributed by atoms with Crippen molar-refractivity contribution in [3.8, 4) is 0 Å². The van der Waals surface area contributed by atoms with E-state index in [1.165, 1.54) is 25.7 Å². The molecule has 2 fully saturated rings. The highest BCUT2D eigenvalue weighted by Crippen LogP contribution is 2.22. The third kappa shape index (κ3) is 6.92. The van der Waals surface area contributed by atoms with Gasteiger partial charge in [-0.2, -0.15) is 0 Å². The summed E-state index contributed by atoms with van der Waals surface area (Å²) in [4.78, 5) is 21.1. The number of piperidine rings is 1. The molecule has 146 valence electrons. The monoisotopic (exact) mass is 466 g/mol. The van der Waals surface area contributed by atoms with Crippen molar-refractivity contribution < 1.29 is 9.53 Å². The first-order chi connectivity index (χ1) is 11.7. The minimum Gasteiger partial charge on any atom is -0.466 e. The molecule has 25 heavy (non-hydrogen) atoms. The molecule has 1 N–H and O–H groups in total. The van der Waals surface area contributed by atoms with E-state index in [-0.39, 0.29) is 35.9 Å². The molecule has 1 aliphatic heterocycles. The molecule has 1 unspecified atom stereocenters. The molecule has 0 radical (unpaired) electrons. The van der Waals surface area contributed by atoms with Crippen molar-refractivity contribution in [2.75, 3.05) is 46.9 Å². The second kappa shape index (κ2) is 11.9. The highest BCUT2D eigenvalue weighted by Gasteiger charge is 2.28. The van der Waals surface area contributed by atoms with Gasteiger partial charge in [-0.3, -0.25) is 9.79 Å². The molecule has 7 heteroatoms. The smallest absolute Gasteiger partial charge is 0.310 e. The standard InChI is InChI=1S/C18H34N4O2.HI/c1-4-24-17(23)15-8-7-12-22(14-15)18(19-2)20-11-13-21(3)16-9-5-6-10-16;/h15-16H,4-14H2,1-3H3,(H,19,20);1H. The van der Waals surface area contributed by atoms with E-state index in [9.17, 15) is 4.79 Å². The number of aliphatic imine (C=N–C) groups is 1. The number of carbonyl (C=O) groups is 1. The summed E-state index contributed by atoms with van der Waals surface area (Å²) < 4.78 is 5.18. The van der Waals surface area contributed by atoms with Crippen LogP contribution in [0, 0.1) is 5.92 Å². The van der Waals surface area contributed by atoms with E-state index < -0.39 is 0 Å².